The fourth-order valence-corrected chi connectivity index (χ4v) is 8.31. The van der Waals surface area contributed by atoms with E-state index in [1.54, 1.807) is 7.11 Å². The molecule has 6 aliphatic rings. The molecule has 5 heterocycles. The second-order valence-corrected chi connectivity index (χ2v) is 12.0. The highest BCUT2D eigenvalue weighted by Gasteiger charge is 2.56. The monoisotopic (exact) mass is 529 g/mol. The van der Waals surface area contributed by atoms with Crippen molar-refractivity contribution in [1.29, 1.82) is 0 Å². The largest absolute Gasteiger partial charge is 0.496 e. The Morgan fingerprint density at radius 1 is 1.03 bits per heavy atom. The summed E-state index contributed by atoms with van der Waals surface area (Å²) in [4.78, 5) is 36.0. The number of aliphatic imine (C=N–C) groups is 1. The second-order valence-electron chi connectivity index (χ2n) is 11.1. The van der Waals surface area contributed by atoms with E-state index >= 15 is 0 Å². The van der Waals surface area contributed by atoms with Gasteiger partial charge in [0.1, 0.15) is 11.5 Å². The van der Waals surface area contributed by atoms with Gasteiger partial charge < -0.3 is 19.3 Å². The number of carbonyl (C=O) groups is 2. The predicted molar refractivity (Wildman–Crippen MR) is 147 cm³/mol. The third-order valence-electron chi connectivity index (χ3n) is 8.78. The summed E-state index contributed by atoms with van der Waals surface area (Å²) in [6.45, 7) is 5.46. The van der Waals surface area contributed by atoms with Crippen molar-refractivity contribution in [3.05, 3.63) is 70.1 Å². The molecule has 8 heteroatoms. The highest BCUT2D eigenvalue weighted by Crippen LogP contribution is 2.53. The molecule has 0 N–H and O–H groups in total. The maximum Gasteiger partial charge on any atom is 0.286 e. The number of morpholine rings is 1. The van der Waals surface area contributed by atoms with Crippen LogP contribution in [0, 0.1) is 11.8 Å². The van der Waals surface area contributed by atoms with Gasteiger partial charge in [0, 0.05) is 61.1 Å². The van der Waals surface area contributed by atoms with Crippen LogP contribution in [0.1, 0.15) is 29.5 Å². The molecule has 38 heavy (non-hydrogen) atoms. The van der Waals surface area contributed by atoms with Crippen LogP contribution < -0.4 is 4.74 Å². The number of Topliss-reactive ketones (excluding diaryl/α,β-unsaturated/α-hetero) is 1. The van der Waals surface area contributed by atoms with Crippen LogP contribution in [0.5, 0.6) is 5.75 Å². The molecule has 0 aromatic heterocycles. The van der Waals surface area contributed by atoms with E-state index in [9.17, 15) is 9.59 Å². The van der Waals surface area contributed by atoms with Gasteiger partial charge in [-0.1, -0.05) is 36.4 Å². The Labute approximate surface area is 226 Å². The molecular formula is C30H31N3O4S. The number of benzene rings is 2. The fourth-order valence-electron chi connectivity index (χ4n) is 7.21. The average Bonchev–Trinajstić information content (AvgIpc) is 3.33. The molecule has 1 aliphatic carbocycles. The number of ketones is 1. The minimum atomic E-state index is -0.195. The van der Waals surface area contributed by atoms with E-state index in [4.69, 9.17) is 9.47 Å². The van der Waals surface area contributed by atoms with Crippen molar-refractivity contribution in [2.24, 2.45) is 16.8 Å². The molecule has 2 atom stereocenters. The van der Waals surface area contributed by atoms with E-state index in [2.05, 4.69) is 39.1 Å². The van der Waals surface area contributed by atoms with Gasteiger partial charge in [0.05, 0.1) is 25.2 Å². The first-order chi connectivity index (χ1) is 18.5. The Morgan fingerprint density at radius 3 is 2.47 bits per heavy atom. The molecule has 0 spiro atoms. The summed E-state index contributed by atoms with van der Waals surface area (Å²) in [5.41, 5.74) is 3.91. The molecule has 5 aliphatic heterocycles. The normalized spacial score (nSPS) is 31.6. The Hall–Kier alpha value is -2.94. The maximum absolute atomic E-state index is 13.4. The minimum Gasteiger partial charge on any atom is -0.496 e. The van der Waals surface area contributed by atoms with E-state index in [1.807, 2.05) is 24.3 Å². The average molecular weight is 530 g/mol. The van der Waals surface area contributed by atoms with Gasteiger partial charge >= 0.3 is 0 Å². The zero-order chi connectivity index (χ0) is 25.9. The number of nitrogens with zero attached hydrogens (tertiary/aromatic N) is 3. The maximum atomic E-state index is 13.4. The minimum absolute atomic E-state index is 0.105. The molecule has 2 aromatic carbocycles. The first kappa shape index (κ1) is 24.1. The van der Waals surface area contributed by atoms with Crippen LogP contribution in [0.3, 0.4) is 0 Å². The molecule has 1 amide bonds. The molecule has 1 saturated carbocycles. The highest BCUT2D eigenvalue weighted by molar-refractivity contribution is 8.18. The summed E-state index contributed by atoms with van der Waals surface area (Å²) in [5.74, 6) is 1.32. The molecular weight excluding hydrogens is 498 g/mol. The number of methoxy groups -OCH3 is 1. The molecule has 0 radical (unpaired) electrons. The Bertz CT molecular complexity index is 1350. The number of amidine groups is 1. The smallest absolute Gasteiger partial charge is 0.286 e. The van der Waals surface area contributed by atoms with Gasteiger partial charge in [-0.2, -0.15) is 4.99 Å². The number of amides is 1. The van der Waals surface area contributed by atoms with Gasteiger partial charge in [-0.15, -0.1) is 0 Å². The van der Waals surface area contributed by atoms with Crippen LogP contribution in [0.2, 0.25) is 0 Å². The summed E-state index contributed by atoms with van der Waals surface area (Å²) >= 11 is 1.46. The van der Waals surface area contributed by atoms with Crippen LogP contribution in [0.15, 0.2) is 58.4 Å². The number of hydrogen-bond donors (Lipinski definition) is 0. The van der Waals surface area contributed by atoms with E-state index in [-0.39, 0.29) is 23.2 Å². The molecule has 7 nitrogen and oxygen atoms in total. The van der Waals surface area contributed by atoms with Gasteiger partial charge in [0.2, 0.25) is 0 Å². The van der Waals surface area contributed by atoms with Crippen molar-refractivity contribution in [3.63, 3.8) is 0 Å². The molecule has 5 fully saturated rings. The summed E-state index contributed by atoms with van der Waals surface area (Å²) in [6, 6.07) is 16.4. The quantitative estimate of drug-likeness (QED) is 0.561. The molecule has 4 saturated heterocycles. The standard InChI is InChI=1S/C30H31N3O4S/c1-36-24-8-7-20(13-23(24)30-14-21-16-32(18-30)17-22(15-30)26(21)34)25(19-5-3-2-4-6-19)27-28(35)31-29(38-27)33-9-11-37-12-10-33/h2-8,13,21-22H,9-12,14-18H2,1H3. The molecule has 196 valence electrons. The van der Waals surface area contributed by atoms with Crippen LogP contribution in [0.25, 0.3) is 5.57 Å². The van der Waals surface area contributed by atoms with Crippen molar-refractivity contribution in [3.8, 4) is 5.75 Å². The van der Waals surface area contributed by atoms with Gasteiger partial charge in [0.15, 0.2) is 5.17 Å². The zero-order valence-corrected chi connectivity index (χ0v) is 22.3. The van der Waals surface area contributed by atoms with Crippen molar-refractivity contribution < 1.29 is 19.1 Å². The first-order valence-electron chi connectivity index (χ1n) is 13.4. The lowest BCUT2D eigenvalue weighted by atomic mass is 9.56. The van der Waals surface area contributed by atoms with Gasteiger partial charge in [-0.3, -0.25) is 9.59 Å². The number of piperidine rings is 3. The summed E-state index contributed by atoms with van der Waals surface area (Å²) < 4.78 is 11.4. The van der Waals surface area contributed by atoms with Gasteiger partial charge in [0.25, 0.3) is 5.91 Å². The van der Waals surface area contributed by atoms with Crippen molar-refractivity contribution in [1.82, 2.24) is 9.80 Å². The van der Waals surface area contributed by atoms with Crippen LogP contribution in [0.4, 0.5) is 0 Å². The van der Waals surface area contributed by atoms with Gasteiger partial charge in [-0.25, -0.2) is 0 Å². The Morgan fingerprint density at radius 2 is 1.76 bits per heavy atom. The number of thioether (sulfide) groups is 1. The van der Waals surface area contributed by atoms with Crippen molar-refractivity contribution in [2.75, 3.05) is 53.0 Å². The first-order valence-corrected chi connectivity index (χ1v) is 14.2. The lowest BCUT2D eigenvalue weighted by Gasteiger charge is -2.57. The lowest BCUT2D eigenvalue weighted by molar-refractivity contribution is -0.145. The van der Waals surface area contributed by atoms with Gasteiger partial charge in [-0.05, 0) is 47.9 Å². The van der Waals surface area contributed by atoms with E-state index in [0.29, 0.717) is 23.9 Å². The van der Waals surface area contributed by atoms with Crippen molar-refractivity contribution in [2.45, 2.75) is 18.3 Å². The molecule has 8 rings (SSSR count). The number of hydrogen-bond acceptors (Lipinski definition) is 7. The van der Waals surface area contributed by atoms with E-state index in [0.717, 1.165) is 78.7 Å². The Balaban J connectivity index is 1.34. The summed E-state index contributed by atoms with van der Waals surface area (Å²) in [7, 11) is 1.72. The van der Waals surface area contributed by atoms with Crippen LogP contribution in [-0.4, -0.2) is 79.7 Å². The summed E-state index contributed by atoms with van der Waals surface area (Å²) in [5, 5.41) is 0.753. The number of rotatable bonds is 4. The molecule has 4 bridgehead atoms. The van der Waals surface area contributed by atoms with Crippen LogP contribution >= 0.6 is 11.8 Å². The number of carbonyl (C=O) groups excluding carboxylic acids is 2. The second kappa shape index (κ2) is 9.36. The SMILES string of the molecule is COc1ccc(C(=C2SC(N3CCOCC3)=NC2=O)c2ccccc2)cc1C12CC3CN(CC(C1)C3=O)C2. The Kier molecular flexibility index (Phi) is 5.94. The van der Waals surface area contributed by atoms with Crippen LogP contribution in [-0.2, 0) is 19.7 Å². The fraction of sp³-hybridized carbons (Fsp3) is 0.433. The third kappa shape index (κ3) is 3.92. The highest BCUT2D eigenvalue weighted by atomic mass is 32.2. The molecule has 2 aromatic rings. The zero-order valence-electron chi connectivity index (χ0n) is 21.5. The van der Waals surface area contributed by atoms with E-state index in [1.165, 1.54) is 11.8 Å². The predicted octanol–water partition coefficient (Wildman–Crippen LogP) is 3.58. The lowest BCUT2D eigenvalue weighted by Crippen LogP contribution is -2.64. The van der Waals surface area contributed by atoms with Crippen molar-refractivity contribution >= 4 is 34.2 Å². The number of ether oxygens (including phenoxy) is 2. The topological polar surface area (TPSA) is 71.4 Å². The summed E-state index contributed by atoms with van der Waals surface area (Å²) in [6.07, 6.45) is 1.74. The third-order valence-corrected chi connectivity index (χ3v) is 9.89. The molecule has 2 unspecified atom stereocenters. The van der Waals surface area contributed by atoms with E-state index < -0.39 is 0 Å².